The van der Waals surface area contributed by atoms with E-state index in [1.807, 2.05) is 54.6 Å². The first-order valence-electron chi connectivity index (χ1n) is 9.17. The molecule has 0 saturated heterocycles. The number of nitrogens with one attached hydrogen (secondary N) is 1. The summed E-state index contributed by atoms with van der Waals surface area (Å²) < 4.78 is 11.8. The third-order valence-electron chi connectivity index (χ3n) is 4.71. The molecule has 29 heavy (non-hydrogen) atoms. The highest BCUT2D eigenvalue weighted by Gasteiger charge is 2.20. The minimum Gasteiger partial charge on any atom is -0.493 e. The van der Waals surface area contributed by atoms with Crippen LogP contribution in [0.3, 0.4) is 0 Å². The molecule has 3 aromatic carbocycles. The van der Waals surface area contributed by atoms with Crippen molar-refractivity contribution in [2.24, 2.45) is 0 Å². The van der Waals surface area contributed by atoms with Gasteiger partial charge in [0.1, 0.15) is 0 Å². The van der Waals surface area contributed by atoms with E-state index in [1.165, 1.54) is 0 Å². The van der Waals surface area contributed by atoms with Crippen LogP contribution in [-0.2, 0) is 0 Å². The lowest BCUT2D eigenvalue weighted by molar-refractivity contribution is 0.160. The summed E-state index contributed by atoms with van der Waals surface area (Å²) in [7, 11) is 3.22. The Kier molecular flexibility index (Phi) is 7.42. The van der Waals surface area contributed by atoms with E-state index in [0.29, 0.717) is 22.9 Å². The average molecular weight is 477 g/mol. The fourth-order valence-corrected chi connectivity index (χ4v) is 3.53. The molecule has 0 aromatic heterocycles. The molecule has 2 unspecified atom stereocenters. The highest BCUT2D eigenvalue weighted by molar-refractivity contribution is 9.10. The third kappa shape index (κ3) is 5.66. The van der Waals surface area contributed by atoms with Gasteiger partial charge in [-0.2, -0.15) is 0 Å². The van der Waals surface area contributed by atoms with E-state index in [4.69, 9.17) is 21.1 Å². The first-order valence-corrected chi connectivity index (χ1v) is 10.3. The molecule has 0 saturated carbocycles. The lowest BCUT2D eigenvalue weighted by atomic mass is 9.96. The molecule has 152 valence electrons. The van der Waals surface area contributed by atoms with Gasteiger partial charge in [0.2, 0.25) is 0 Å². The summed E-state index contributed by atoms with van der Waals surface area (Å²) in [6.45, 7) is 0. The number of hydrogen-bond acceptors (Lipinski definition) is 4. The van der Waals surface area contributed by atoms with E-state index in [-0.39, 0.29) is 6.04 Å². The highest BCUT2D eigenvalue weighted by Crippen LogP contribution is 2.35. The third-order valence-corrected chi connectivity index (χ3v) is 5.49. The van der Waals surface area contributed by atoms with Crippen molar-refractivity contribution >= 4 is 33.2 Å². The van der Waals surface area contributed by atoms with Gasteiger partial charge in [-0.25, -0.2) is 0 Å². The van der Waals surface area contributed by atoms with Crippen LogP contribution in [0, 0.1) is 0 Å². The molecule has 4 nitrogen and oxygen atoms in total. The van der Waals surface area contributed by atoms with Gasteiger partial charge in [0, 0.05) is 21.6 Å². The molecule has 0 aliphatic rings. The van der Waals surface area contributed by atoms with Gasteiger partial charge in [-0.3, -0.25) is 0 Å². The topological polar surface area (TPSA) is 50.7 Å². The fourth-order valence-electron chi connectivity index (χ4n) is 3.14. The Morgan fingerprint density at radius 1 is 0.897 bits per heavy atom. The molecule has 0 radical (unpaired) electrons. The van der Waals surface area contributed by atoms with Crippen LogP contribution in [0.5, 0.6) is 11.5 Å². The van der Waals surface area contributed by atoms with Gasteiger partial charge in [0.05, 0.1) is 26.4 Å². The normalized spacial score (nSPS) is 12.9. The number of aliphatic hydroxyl groups is 1. The monoisotopic (exact) mass is 475 g/mol. The molecule has 2 atom stereocenters. The molecule has 2 N–H and O–H groups in total. The van der Waals surface area contributed by atoms with Gasteiger partial charge in [0.15, 0.2) is 11.5 Å². The largest absolute Gasteiger partial charge is 0.493 e. The smallest absolute Gasteiger partial charge is 0.161 e. The highest BCUT2D eigenvalue weighted by atomic mass is 79.9. The average Bonchev–Trinajstić information content (AvgIpc) is 2.74. The van der Waals surface area contributed by atoms with Crippen LogP contribution >= 0.6 is 27.5 Å². The SMILES string of the molecule is COc1ccc(C(CC(O)c2ccc(Cl)cc2)Nc2ccc(Br)cc2)cc1OC. The molecular weight excluding hydrogens is 454 g/mol. The van der Waals surface area contributed by atoms with Gasteiger partial charge in [0.25, 0.3) is 0 Å². The molecule has 0 amide bonds. The van der Waals surface area contributed by atoms with Crippen LogP contribution in [0.2, 0.25) is 5.02 Å². The Hall–Kier alpha value is -2.21. The maximum atomic E-state index is 10.8. The second-order valence-electron chi connectivity index (χ2n) is 6.62. The maximum Gasteiger partial charge on any atom is 0.161 e. The van der Waals surface area contributed by atoms with Crippen LogP contribution in [0.15, 0.2) is 71.2 Å². The molecular formula is C23H23BrClNO3. The zero-order valence-electron chi connectivity index (χ0n) is 16.2. The van der Waals surface area contributed by atoms with Gasteiger partial charge < -0.3 is 19.9 Å². The minimum atomic E-state index is -0.659. The van der Waals surface area contributed by atoms with E-state index in [1.54, 1.807) is 26.4 Å². The van der Waals surface area contributed by atoms with Gasteiger partial charge in [-0.1, -0.05) is 45.7 Å². The van der Waals surface area contributed by atoms with Crippen LogP contribution in [0.4, 0.5) is 5.69 Å². The number of hydrogen-bond donors (Lipinski definition) is 2. The first kappa shape index (κ1) is 21.5. The second kappa shape index (κ2) is 10.0. The molecule has 0 bridgehead atoms. The van der Waals surface area contributed by atoms with Crippen molar-refractivity contribution in [2.45, 2.75) is 18.6 Å². The number of aliphatic hydroxyl groups excluding tert-OH is 1. The van der Waals surface area contributed by atoms with Crippen molar-refractivity contribution in [1.29, 1.82) is 0 Å². The fraction of sp³-hybridized carbons (Fsp3) is 0.217. The van der Waals surface area contributed by atoms with E-state index in [0.717, 1.165) is 21.3 Å². The van der Waals surface area contributed by atoms with Crippen molar-refractivity contribution in [2.75, 3.05) is 19.5 Å². The van der Waals surface area contributed by atoms with Crippen LogP contribution < -0.4 is 14.8 Å². The van der Waals surface area contributed by atoms with Crippen LogP contribution in [0.1, 0.15) is 29.7 Å². The Morgan fingerprint density at radius 2 is 1.52 bits per heavy atom. The number of ether oxygens (including phenoxy) is 2. The van der Waals surface area contributed by atoms with E-state index in [2.05, 4.69) is 21.2 Å². The molecule has 6 heteroatoms. The predicted octanol–water partition coefficient (Wildman–Crippen LogP) is 6.40. The van der Waals surface area contributed by atoms with E-state index in [9.17, 15) is 5.11 Å². The van der Waals surface area contributed by atoms with Crippen molar-refractivity contribution in [3.63, 3.8) is 0 Å². The zero-order chi connectivity index (χ0) is 20.8. The number of halogens is 2. The van der Waals surface area contributed by atoms with Gasteiger partial charge in [-0.15, -0.1) is 0 Å². The quantitative estimate of drug-likeness (QED) is 0.395. The molecule has 0 fully saturated rings. The number of methoxy groups -OCH3 is 2. The zero-order valence-corrected chi connectivity index (χ0v) is 18.6. The Labute approximate surface area is 184 Å². The van der Waals surface area contributed by atoms with Crippen molar-refractivity contribution < 1.29 is 14.6 Å². The van der Waals surface area contributed by atoms with Crippen molar-refractivity contribution in [1.82, 2.24) is 0 Å². The maximum absolute atomic E-state index is 10.8. The Bertz CT molecular complexity index is 932. The molecule has 3 aromatic rings. The Balaban J connectivity index is 1.90. The van der Waals surface area contributed by atoms with Gasteiger partial charge >= 0.3 is 0 Å². The minimum absolute atomic E-state index is 0.151. The van der Waals surface area contributed by atoms with Gasteiger partial charge in [-0.05, 0) is 59.7 Å². The summed E-state index contributed by atoms with van der Waals surface area (Å²) in [4.78, 5) is 0. The lowest BCUT2D eigenvalue weighted by Gasteiger charge is -2.24. The van der Waals surface area contributed by atoms with Crippen LogP contribution in [0.25, 0.3) is 0 Å². The van der Waals surface area contributed by atoms with Crippen molar-refractivity contribution in [3.05, 3.63) is 87.4 Å². The summed E-state index contributed by atoms with van der Waals surface area (Å²) in [6, 6.07) is 20.8. The number of anilines is 1. The molecule has 0 aliphatic carbocycles. The number of benzene rings is 3. The summed E-state index contributed by atoms with van der Waals surface area (Å²) in [5.74, 6) is 1.31. The van der Waals surface area contributed by atoms with Crippen LogP contribution in [-0.4, -0.2) is 19.3 Å². The lowest BCUT2D eigenvalue weighted by Crippen LogP contribution is -2.15. The number of rotatable bonds is 8. The molecule has 3 rings (SSSR count). The Morgan fingerprint density at radius 3 is 2.14 bits per heavy atom. The summed E-state index contributed by atoms with van der Waals surface area (Å²) in [6.07, 6.45) is -0.194. The summed E-state index contributed by atoms with van der Waals surface area (Å²) in [5, 5.41) is 15.0. The summed E-state index contributed by atoms with van der Waals surface area (Å²) in [5.41, 5.74) is 2.76. The van der Waals surface area contributed by atoms with Crippen molar-refractivity contribution in [3.8, 4) is 11.5 Å². The molecule has 0 heterocycles. The standard InChI is InChI=1S/C23H23BrClNO3/c1-28-22-12-5-16(13-23(22)29-2)20(26-19-10-6-17(24)7-11-19)14-21(27)15-3-8-18(25)9-4-15/h3-13,20-21,26-27H,14H2,1-2H3. The van der Waals surface area contributed by atoms with E-state index < -0.39 is 6.10 Å². The first-order chi connectivity index (χ1) is 14.0. The summed E-state index contributed by atoms with van der Waals surface area (Å²) >= 11 is 9.44. The predicted molar refractivity (Wildman–Crippen MR) is 121 cm³/mol. The molecule has 0 spiro atoms. The molecule has 0 aliphatic heterocycles. The van der Waals surface area contributed by atoms with E-state index >= 15 is 0 Å². The second-order valence-corrected chi connectivity index (χ2v) is 7.97.